The Morgan fingerprint density at radius 3 is 2.50 bits per heavy atom. The Kier molecular flexibility index (Phi) is 4.25. The Hall–Kier alpha value is -0.650. The number of nitrogens with zero attached hydrogens (tertiary/aromatic N) is 1. The lowest BCUT2D eigenvalue weighted by Crippen LogP contribution is -2.45. The Bertz CT molecular complexity index is 301. The molecular formula is C13H24N2O3. The summed E-state index contributed by atoms with van der Waals surface area (Å²) in [5, 5.41) is 19.5. The van der Waals surface area contributed by atoms with Gasteiger partial charge in [-0.3, -0.25) is 4.79 Å². The molecule has 1 heterocycles. The number of carboxylic acid groups (broad SMARTS) is 1. The number of hydrogen-bond donors (Lipinski definition) is 3. The molecule has 0 spiro atoms. The zero-order valence-corrected chi connectivity index (χ0v) is 10.8. The van der Waals surface area contributed by atoms with Gasteiger partial charge in [-0.1, -0.05) is 0 Å². The summed E-state index contributed by atoms with van der Waals surface area (Å²) < 4.78 is 0. The summed E-state index contributed by atoms with van der Waals surface area (Å²) in [5.41, 5.74) is 4.97. The molecule has 0 aromatic heterocycles. The van der Waals surface area contributed by atoms with Gasteiger partial charge in [0.25, 0.3) is 0 Å². The summed E-state index contributed by atoms with van der Waals surface area (Å²) in [7, 11) is 0. The third kappa shape index (κ3) is 3.22. The number of hydrogen-bond acceptors (Lipinski definition) is 4. The smallest absolute Gasteiger partial charge is 0.306 e. The zero-order chi connectivity index (χ0) is 13.2. The van der Waals surface area contributed by atoms with Crippen molar-refractivity contribution in [2.24, 2.45) is 17.6 Å². The Morgan fingerprint density at radius 2 is 2.00 bits per heavy atom. The lowest BCUT2D eigenvalue weighted by Gasteiger charge is -2.37. The monoisotopic (exact) mass is 256 g/mol. The van der Waals surface area contributed by atoms with Gasteiger partial charge in [0.05, 0.1) is 11.5 Å². The number of nitrogens with two attached hydrogens (primary N) is 1. The van der Waals surface area contributed by atoms with Gasteiger partial charge in [-0.05, 0) is 51.1 Å². The summed E-state index contributed by atoms with van der Waals surface area (Å²) >= 11 is 0. The van der Waals surface area contributed by atoms with Crippen molar-refractivity contribution in [1.82, 2.24) is 4.90 Å². The molecule has 2 rings (SSSR count). The average Bonchev–Trinajstić information content (AvgIpc) is 2.76. The van der Waals surface area contributed by atoms with E-state index in [0.29, 0.717) is 38.1 Å². The molecular weight excluding hydrogens is 232 g/mol. The van der Waals surface area contributed by atoms with Crippen LogP contribution in [-0.2, 0) is 4.79 Å². The predicted octanol–water partition coefficient (Wildman–Crippen LogP) is 0.273. The average molecular weight is 256 g/mol. The molecule has 5 nitrogen and oxygen atoms in total. The number of carboxylic acids is 1. The van der Waals surface area contributed by atoms with E-state index in [2.05, 4.69) is 4.90 Å². The summed E-state index contributed by atoms with van der Waals surface area (Å²) in [5.74, 6) is -0.425. The topological polar surface area (TPSA) is 86.8 Å². The molecule has 1 saturated heterocycles. The number of rotatable bonds is 4. The molecule has 1 aliphatic heterocycles. The van der Waals surface area contributed by atoms with Crippen molar-refractivity contribution in [2.45, 2.75) is 37.7 Å². The minimum atomic E-state index is -0.721. The first-order valence-corrected chi connectivity index (χ1v) is 6.90. The predicted molar refractivity (Wildman–Crippen MR) is 68.1 cm³/mol. The number of carbonyl (C=O) groups is 1. The Balaban J connectivity index is 1.81. The van der Waals surface area contributed by atoms with E-state index < -0.39 is 11.6 Å². The molecule has 2 fully saturated rings. The molecule has 104 valence electrons. The first-order chi connectivity index (χ1) is 8.52. The minimum absolute atomic E-state index is 0.263. The molecule has 1 unspecified atom stereocenters. The summed E-state index contributed by atoms with van der Waals surface area (Å²) in [6.07, 6.45) is 3.52. The molecule has 0 aromatic carbocycles. The minimum Gasteiger partial charge on any atom is -0.481 e. The lowest BCUT2D eigenvalue weighted by atomic mass is 9.78. The normalized spacial score (nSPS) is 37.9. The van der Waals surface area contributed by atoms with E-state index in [0.717, 1.165) is 26.1 Å². The van der Waals surface area contributed by atoms with E-state index in [9.17, 15) is 9.90 Å². The summed E-state index contributed by atoms with van der Waals surface area (Å²) in [6.45, 7) is 3.37. The maximum atomic E-state index is 10.9. The van der Waals surface area contributed by atoms with Gasteiger partial charge in [0, 0.05) is 13.1 Å². The first-order valence-electron chi connectivity index (χ1n) is 6.90. The van der Waals surface area contributed by atoms with Crippen LogP contribution in [0.15, 0.2) is 0 Å². The van der Waals surface area contributed by atoms with E-state index in [4.69, 9.17) is 10.8 Å². The maximum Gasteiger partial charge on any atom is 0.306 e. The number of aliphatic carboxylic acids is 1. The van der Waals surface area contributed by atoms with Gasteiger partial charge in [0.15, 0.2) is 0 Å². The van der Waals surface area contributed by atoms with Crippen molar-refractivity contribution in [2.75, 3.05) is 26.2 Å². The fraction of sp³-hybridized carbons (Fsp3) is 0.923. The second-order valence-electron chi connectivity index (χ2n) is 5.96. The second-order valence-corrected chi connectivity index (χ2v) is 5.96. The first kappa shape index (κ1) is 13.8. The van der Waals surface area contributed by atoms with Crippen LogP contribution in [0.3, 0.4) is 0 Å². The standard InChI is InChI=1S/C13H24N2O3/c14-7-10-3-6-15(8-10)9-13(18)4-1-11(2-5-13)12(16)17/h10-11,18H,1-9,14H2,(H,16,17). The van der Waals surface area contributed by atoms with Crippen LogP contribution in [0.4, 0.5) is 0 Å². The van der Waals surface area contributed by atoms with Crippen molar-refractivity contribution in [3.63, 3.8) is 0 Å². The molecule has 1 atom stereocenters. The molecule has 5 heteroatoms. The van der Waals surface area contributed by atoms with Crippen molar-refractivity contribution < 1.29 is 15.0 Å². The van der Waals surface area contributed by atoms with E-state index in [1.807, 2.05) is 0 Å². The zero-order valence-electron chi connectivity index (χ0n) is 10.8. The summed E-state index contributed by atoms with van der Waals surface area (Å²) in [6, 6.07) is 0. The van der Waals surface area contributed by atoms with Gasteiger partial charge >= 0.3 is 5.97 Å². The van der Waals surface area contributed by atoms with Gasteiger partial charge in [0.2, 0.25) is 0 Å². The molecule has 2 aliphatic rings. The van der Waals surface area contributed by atoms with E-state index >= 15 is 0 Å². The van der Waals surface area contributed by atoms with Crippen LogP contribution in [0.2, 0.25) is 0 Å². The molecule has 0 amide bonds. The highest BCUT2D eigenvalue weighted by Crippen LogP contribution is 2.33. The fourth-order valence-corrected chi connectivity index (χ4v) is 3.23. The molecule has 1 saturated carbocycles. The molecule has 0 bridgehead atoms. The van der Waals surface area contributed by atoms with Crippen molar-refractivity contribution in [3.05, 3.63) is 0 Å². The molecule has 0 radical (unpaired) electrons. The van der Waals surface area contributed by atoms with Gasteiger partial charge < -0.3 is 20.8 Å². The van der Waals surface area contributed by atoms with Crippen LogP contribution in [0, 0.1) is 11.8 Å². The molecule has 0 aromatic rings. The lowest BCUT2D eigenvalue weighted by molar-refractivity contribution is -0.145. The van der Waals surface area contributed by atoms with Crippen LogP contribution in [0.1, 0.15) is 32.1 Å². The van der Waals surface area contributed by atoms with Crippen molar-refractivity contribution in [3.8, 4) is 0 Å². The SMILES string of the molecule is NCC1CCN(CC2(O)CCC(C(=O)O)CC2)C1. The van der Waals surface area contributed by atoms with E-state index in [1.54, 1.807) is 0 Å². The highest BCUT2D eigenvalue weighted by molar-refractivity contribution is 5.70. The highest BCUT2D eigenvalue weighted by atomic mass is 16.4. The van der Waals surface area contributed by atoms with E-state index in [-0.39, 0.29) is 5.92 Å². The quantitative estimate of drug-likeness (QED) is 0.672. The molecule has 18 heavy (non-hydrogen) atoms. The van der Waals surface area contributed by atoms with Crippen molar-refractivity contribution in [1.29, 1.82) is 0 Å². The summed E-state index contributed by atoms with van der Waals surface area (Å²) in [4.78, 5) is 13.2. The van der Waals surface area contributed by atoms with Gasteiger partial charge in [-0.15, -0.1) is 0 Å². The van der Waals surface area contributed by atoms with Crippen LogP contribution in [-0.4, -0.2) is 52.9 Å². The van der Waals surface area contributed by atoms with Gasteiger partial charge in [-0.2, -0.15) is 0 Å². The third-order valence-corrected chi connectivity index (χ3v) is 4.49. The fourth-order valence-electron chi connectivity index (χ4n) is 3.23. The molecule has 4 N–H and O–H groups in total. The number of aliphatic hydroxyl groups is 1. The molecule has 1 aliphatic carbocycles. The van der Waals surface area contributed by atoms with Crippen LogP contribution >= 0.6 is 0 Å². The van der Waals surface area contributed by atoms with Crippen molar-refractivity contribution >= 4 is 5.97 Å². The van der Waals surface area contributed by atoms with Gasteiger partial charge in [0.1, 0.15) is 0 Å². The maximum absolute atomic E-state index is 10.9. The highest BCUT2D eigenvalue weighted by Gasteiger charge is 2.38. The van der Waals surface area contributed by atoms with Gasteiger partial charge in [-0.25, -0.2) is 0 Å². The van der Waals surface area contributed by atoms with Crippen LogP contribution in [0.25, 0.3) is 0 Å². The number of β-amino-alcohol motifs (C(OH)–C–C–N with tert-alkyl or cyclic N) is 1. The second kappa shape index (κ2) is 5.55. The van der Waals surface area contributed by atoms with E-state index in [1.165, 1.54) is 0 Å². The van der Waals surface area contributed by atoms with Crippen LogP contribution in [0.5, 0.6) is 0 Å². The third-order valence-electron chi connectivity index (χ3n) is 4.49. The largest absolute Gasteiger partial charge is 0.481 e. The Morgan fingerprint density at radius 1 is 1.33 bits per heavy atom. The number of likely N-dealkylation sites (tertiary alicyclic amines) is 1. The van der Waals surface area contributed by atoms with Crippen LogP contribution < -0.4 is 5.73 Å². The Labute approximate surface area is 108 Å².